The fourth-order valence-electron chi connectivity index (χ4n) is 1.25. The molecule has 1 aromatic carbocycles. The van der Waals surface area contributed by atoms with Gasteiger partial charge in [-0.25, -0.2) is 0 Å². The number of ether oxygens (including phenoxy) is 2. The molecule has 0 unspecified atom stereocenters. The minimum Gasteiger partial charge on any atom is -0.486 e. The Hall–Kier alpha value is -1.42. The van der Waals surface area contributed by atoms with Crippen molar-refractivity contribution in [2.45, 2.75) is 6.10 Å². The molecule has 1 aromatic rings. The van der Waals surface area contributed by atoms with E-state index in [1.165, 1.54) is 0 Å². The van der Waals surface area contributed by atoms with E-state index in [1.807, 2.05) is 0 Å². The van der Waals surface area contributed by atoms with Crippen LogP contribution in [-0.4, -0.2) is 19.3 Å². The zero-order valence-corrected chi connectivity index (χ0v) is 7.19. The molecule has 0 amide bonds. The predicted octanol–water partition coefficient (Wildman–Crippen LogP) is 0.367. The van der Waals surface area contributed by atoms with Crippen molar-refractivity contribution in [3.63, 3.8) is 0 Å². The first-order valence-corrected chi connectivity index (χ1v) is 4.18. The van der Waals surface area contributed by atoms with E-state index in [-0.39, 0.29) is 6.10 Å². The number of nitrogen functional groups attached to an aromatic ring is 1. The predicted molar refractivity (Wildman–Crippen MR) is 49.8 cm³/mol. The maximum atomic E-state index is 5.60. The summed E-state index contributed by atoms with van der Waals surface area (Å²) < 4.78 is 11.0. The van der Waals surface area contributed by atoms with Crippen LogP contribution in [0.15, 0.2) is 18.2 Å². The van der Waals surface area contributed by atoms with Crippen molar-refractivity contribution in [1.29, 1.82) is 0 Å². The first kappa shape index (κ1) is 8.19. The molecule has 2 rings (SSSR count). The lowest BCUT2D eigenvalue weighted by atomic mass is 10.2. The second kappa shape index (κ2) is 3.14. The molecular formula is C9H12N2O2. The van der Waals surface area contributed by atoms with E-state index in [1.54, 1.807) is 18.2 Å². The maximum Gasteiger partial charge on any atom is 0.163 e. The van der Waals surface area contributed by atoms with Gasteiger partial charge in [0.15, 0.2) is 11.5 Å². The van der Waals surface area contributed by atoms with Crippen LogP contribution in [0.3, 0.4) is 0 Å². The van der Waals surface area contributed by atoms with E-state index >= 15 is 0 Å². The van der Waals surface area contributed by atoms with Gasteiger partial charge in [0, 0.05) is 18.3 Å². The van der Waals surface area contributed by atoms with Crippen molar-refractivity contribution in [3.8, 4) is 11.5 Å². The highest BCUT2D eigenvalue weighted by Gasteiger charge is 2.19. The van der Waals surface area contributed by atoms with Gasteiger partial charge < -0.3 is 20.9 Å². The Morgan fingerprint density at radius 3 is 3.00 bits per heavy atom. The third-order valence-electron chi connectivity index (χ3n) is 1.95. The van der Waals surface area contributed by atoms with Gasteiger partial charge in [-0.3, -0.25) is 0 Å². The summed E-state index contributed by atoms with van der Waals surface area (Å²) in [5.41, 5.74) is 11.7. The minimum atomic E-state index is -0.0608. The van der Waals surface area contributed by atoms with Gasteiger partial charge in [0.05, 0.1) is 0 Å². The molecule has 0 bridgehead atoms. The Morgan fingerprint density at radius 1 is 1.38 bits per heavy atom. The van der Waals surface area contributed by atoms with E-state index < -0.39 is 0 Å². The van der Waals surface area contributed by atoms with Gasteiger partial charge in [-0.1, -0.05) is 0 Å². The number of nitrogens with two attached hydrogens (primary N) is 2. The second-order valence-electron chi connectivity index (χ2n) is 2.99. The zero-order valence-electron chi connectivity index (χ0n) is 7.19. The lowest BCUT2D eigenvalue weighted by Crippen LogP contribution is -2.35. The Bertz CT molecular complexity index is 314. The van der Waals surface area contributed by atoms with Gasteiger partial charge in [-0.15, -0.1) is 0 Å². The molecule has 0 aliphatic carbocycles. The summed E-state index contributed by atoms with van der Waals surface area (Å²) in [6, 6.07) is 5.33. The van der Waals surface area contributed by atoms with Crippen LogP contribution in [0.4, 0.5) is 5.69 Å². The molecular weight excluding hydrogens is 168 g/mol. The highest BCUT2D eigenvalue weighted by Crippen LogP contribution is 2.32. The largest absolute Gasteiger partial charge is 0.486 e. The summed E-state index contributed by atoms with van der Waals surface area (Å²) in [5.74, 6) is 1.42. The number of hydrogen-bond donors (Lipinski definition) is 2. The van der Waals surface area contributed by atoms with Crippen LogP contribution in [0.25, 0.3) is 0 Å². The molecule has 13 heavy (non-hydrogen) atoms. The van der Waals surface area contributed by atoms with Crippen molar-refractivity contribution in [3.05, 3.63) is 18.2 Å². The number of fused-ring (bicyclic) bond motifs is 1. The van der Waals surface area contributed by atoms with Crippen molar-refractivity contribution in [1.82, 2.24) is 0 Å². The number of rotatable bonds is 1. The Kier molecular flexibility index (Phi) is 1.98. The molecule has 1 heterocycles. The summed E-state index contributed by atoms with van der Waals surface area (Å²) in [4.78, 5) is 0. The van der Waals surface area contributed by atoms with E-state index in [4.69, 9.17) is 20.9 Å². The fourth-order valence-corrected chi connectivity index (χ4v) is 1.25. The standard InChI is InChI=1S/C9H12N2O2/c10-4-7-5-12-8-2-1-6(11)3-9(8)13-7/h1-3,7H,4-5,10-11H2/t7-/m1/s1. The van der Waals surface area contributed by atoms with E-state index in [9.17, 15) is 0 Å². The Labute approximate surface area is 76.4 Å². The van der Waals surface area contributed by atoms with Crippen LogP contribution >= 0.6 is 0 Å². The summed E-state index contributed by atoms with van der Waals surface area (Å²) in [6.45, 7) is 0.960. The number of anilines is 1. The zero-order chi connectivity index (χ0) is 9.26. The molecule has 4 nitrogen and oxygen atoms in total. The molecule has 1 aliphatic rings. The van der Waals surface area contributed by atoms with Crippen molar-refractivity contribution in [2.24, 2.45) is 5.73 Å². The third kappa shape index (κ3) is 1.53. The van der Waals surface area contributed by atoms with Crippen LogP contribution in [0.5, 0.6) is 11.5 Å². The summed E-state index contributed by atoms with van der Waals surface area (Å²) >= 11 is 0. The normalized spacial score (nSPS) is 19.9. The van der Waals surface area contributed by atoms with Gasteiger partial charge >= 0.3 is 0 Å². The summed E-state index contributed by atoms with van der Waals surface area (Å²) in [7, 11) is 0. The molecule has 0 saturated heterocycles. The second-order valence-corrected chi connectivity index (χ2v) is 2.99. The molecule has 4 N–H and O–H groups in total. The van der Waals surface area contributed by atoms with E-state index in [0.29, 0.717) is 24.6 Å². The molecule has 0 spiro atoms. The fraction of sp³-hybridized carbons (Fsp3) is 0.333. The number of benzene rings is 1. The highest BCUT2D eigenvalue weighted by molar-refractivity contribution is 5.52. The minimum absolute atomic E-state index is 0.0608. The van der Waals surface area contributed by atoms with Crippen LogP contribution in [0.2, 0.25) is 0 Å². The monoisotopic (exact) mass is 180 g/mol. The average molecular weight is 180 g/mol. The molecule has 4 heteroatoms. The smallest absolute Gasteiger partial charge is 0.163 e. The highest BCUT2D eigenvalue weighted by atomic mass is 16.6. The van der Waals surface area contributed by atoms with Crippen LogP contribution < -0.4 is 20.9 Å². The molecule has 1 aliphatic heterocycles. The summed E-state index contributed by atoms with van der Waals surface area (Å²) in [6.07, 6.45) is -0.0608. The average Bonchev–Trinajstić information content (AvgIpc) is 2.16. The lowest BCUT2D eigenvalue weighted by molar-refractivity contribution is 0.0970. The first-order valence-electron chi connectivity index (χ1n) is 4.18. The topological polar surface area (TPSA) is 70.5 Å². The van der Waals surface area contributed by atoms with E-state index in [0.717, 1.165) is 5.75 Å². The molecule has 0 aromatic heterocycles. The van der Waals surface area contributed by atoms with Crippen molar-refractivity contribution < 1.29 is 9.47 Å². The molecule has 1 atom stereocenters. The van der Waals surface area contributed by atoms with Crippen molar-refractivity contribution in [2.75, 3.05) is 18.9 Å². The molecule has 0 radical (unpaired) electrons. The van der Waals surface area contributed by atoms with Gasteiger partial charge in [-0.05, 0) is 12.1 Å². The molecule has 0 saturated carbocycles. The van der Waals surface area contributed by atoms with Gasteiger partial charge in [0.25, 0.3) is 0 Å². The van der Waals surface area contributed by atoms with Gasteiger partial charge in [-0.2, -0.15) is 0 Å². The third-order valence-corrected chi connectivity index (χ3v) is 1.95. The molecule has 0 fully saturated rings. The van der Waals surface area contributed by atoms with Gasteiger partial charge in [0.2, 0.25) is 0 Å². The van der Waals surface area contributed by atoms with Crippen LogP contribution in [-0.2, 0) is 0 Å². The van der Waals surface area contributed by atoms with Crippen molar-refractivity contribution >= 4 is 5.69 Å². The Morgan fingerprint density at radius 2 is 2.23 bits per heavy atom. The van der Waals surface area contributed by atoms with Crippen LogP contribution in [0.1, 0.15) is 0 Å². The van der Waals surface area contributed by atoms with Crippen LogP contribution in [0, 0.1) is 0 Å². The molecule has 70 valence electrons. The summed E-state index contributed by atoms with van der Waals surface area (Å²) in [5, 5.41) is 0. The van der Waals surface area contributed by atoms with Gasteiger partial charge in [0.1, 0.15) is 12.7 Å². The van der Waals surface area contributed by atoms with E-state index in [2.05, 4.69) is 0 Å². The Balaban J connectivity index is 2.27. The maximum absolute atomic E-state index is 5.60. The number of hydrogen-bond acceptors (Lipinski definition) is 4. The lowest BCUT2D eigenvalue weighted by Gasteiger charge is -2.25. The quantitative estimate of drug-likeness (QED) is 0.612. The SMILES string of the molecule is NC[C@@H]1COc2ccc(N)cc2O1. The first-order chi connectivity index (χ1) is 6.29.